The maximum atomic E-state index is 14.7. The molecule has 9 heteroatoms. The van der Waals surface area contributed by atoms with Crippen LogP contribution in [0, 0.1) is 12.7 Å². The molecule has 0 saturated heterocycles. The van der Waals surface area contributed by atoms with Crippen molar-refractivity contribution in [1.29, 1.82) is 0 Å². The van der Waals surface area contributed by atoms with Crippen LogP contribution in [0.15, 0.2) is 24.3 Å². The van der Waals surface area contributed by atoms with Gasteiger partial charge in [-0.05, 0) is 60.6 Å². The van der Waals surface area contributed by atoms with Crippen LogP contribution in [0.5, 0.6) is 0 Å². The lowest BCUT2D eigenvalue weighted by molar-refractivity contribution is 0.275. The predicted molar refractivity (Wildman–Crippen MR) is 108 cm³/mol. The minimum Gasteiger partial charge on any atom is -0.423 e. The van der Waals surface area contributed by atoms with E-state index >= 15 is 0 Å². The molecule has 0 bridgehead atoms. The number of aryl methyl sites for hydroxylation is 1. The summed E-state index contributed by atoms with van der Waals surface area (Å²) in [7, 11) is -4.75. The highest BCUT2D eigenvalue weighted by molar-refractivity contribution is 7.92. The van der Waals surface area contributed by atoms with Crippen molar-refractivity contribution in [2.75, 3.05) is 10.6 Å². The largest absolute Gasteiger partial charge is 0.493 e. The van der Waals surface area contributed by atoms with Gasteiger partial charge in [0.25, 0.3) is 0 Å². The first kappa shape index (κ1) is 19.7. The highest BCUT2D eigenvalue weighted by atomic mass is 35.5. The Bertz CT molecular complexity index is 1060. The molecular formula is C19H20BClFNO4S. The number of hydrogen-bond donors (Lipinski definition) is 1. The molecule has 0 aromatic heterocycles. The first-order chi connectivity index (χ1) is 13.1. The van der Waals surface area contributed by atoms with E-state index in [4.69, 9.17) is 16.3 Å². The maximum Gasteiger partial charge on any atom is 0.493 e. The van der Waals surface area contributed by atoms with Crippen LogP contribution in [0.1, 0.15) is 41.0 Å². The molecule has 2 aromatic rings. The summed E-state index contributed by atoms with van der Waals surface area (Å²) in [6, 6.07) is 6.57. The number of benzene rings is 2. The molecular weight excluding hydrogens is 404 g/mol. The fourth-order valence-corrected chi connectivity index (χ4v) is 4.99. The molecule has 1 aliphatic heterocycles. The third kappa shape index (κ3) is 3.66. The van der Waals surface area contributed by atoms with Crippen molar-refractivity contribution in [2.24, 2.45) is 0 Å². The van der Waals surface area contributed by atoms with Gasteiger partial charge in [-0.1, -0.05) is 17.7 Å². The first-order valence-electron chi connectivity index (χ1n) is 9.03. The Kier molecular flexibility index (Phi) is 4.94. The molecule has 148 valence electrons. The van der Waals surface area contributed by atoms with Crippen LogP contribution >= 0.6 is 11.6 Å². The normalized spacial score (nSPS) is 16.4. The molecule has 0 atom stereocenters. The summed E-state index contributed by atoms with van der Waals surface area (Å²) in [6.07, 6.45) is 2.82. The van der Waals surface area contributed by atoms with E-state index in [0.29, 0.717) is 32.9 Å². The molecule has 2 aliphatic rings. The zero-order chi connectivity index (χ0) is 20.2. The Morgan fingerprint density at radius 3 is 2.68 bits per heavy atom. The van der Waals surface area contributed by atoms with Gasteiger partial charge in [0.2, 0.25) is 10.0 Å². The second-order valence-electron chi connectivity index (χ2n) is 7.54. The molecule has 0 amide bonds. The third-order valence-corrected chi connectivity index (χ3v) is 6.59. The number of hydrogen-bond acceptors (Lipinski definition) is 4. The van der Waals surface area contributed by atoms with Gasteiger partial charge in [0.05, 0.1) is 25.1 Å². The van der Waals surface area contributed by atoms with Gasteiger partial charge < -0.3 is 9.68 Å². The van der Waals surface area contributed by atoms with E-state index in [1.165, 1.54) is 10.4 Å². The van der Waals surface area contributed by atoms with Crippen LogP contribution in [0.2, 0.25) is 5.02 Å². The van der Waals surface area contributed by atoms with Crippen molar-refractivity contribution in [3.05, 3.63) is 57.4 Å². The smallest absolute Gasteiger partial charge is 0.423 e. The van der Waals surface area contributed by atoms with Crippen LogP contribution in [0.3, 0.4) is 0 Å². The van der Waals surface area contributed by atoms with Gasteiger partial charge in [0.15, 0.2) is 0 Å². The number of nitrogens with zero attached hydrogens (tertiary/aromatic N) is 1. The van der Waals surface area contributed by atoms with E-state index in [0.717, 1.165) is 24.7 Å². The lowest BCUT2D eigenvalue weighted by Crippen LogP contribution is -2.32. The maximum absolute atomic E-state index is 14.7. The van der Waals surface area contributed by atoms with Crippen molar-refractivity contribution in [2.45, 2.75) is 38.8 Å². The van der Waals surface area contributed by atoms with Crippen LogP contribution in [-0.2, 0) is 27.8 Å². The van der Waals surface area contributed by atoms with Crippen molar-refractivity contribution in [3.8, 4) is 0 Å². The van der Waals surface area contributed by atoms with Crippen molar-refractivity contribution >= 4 is 39.9 Å². The molecule has 0 spiro atoms. The SMILES string of the molecule is Cc1cc(F)c(C2CC2)c(N(Cc2cc(Cl)c3c(c2)COB3O)S(C)(=O)=O)c1. The number of fused-ring (bicyclic) bond motifs is 1. The van der Waals surface area contributed by atoms with E-state index in [9.17, 15) is 17.8 Å². The Morgan fingerprint density at radius 1 is 1.32 bits per heavy atom. The van der Waals surface area contributed by atoms with E-state index in [-0.39, 0.29) is 24.9 Å². The van der Waals surface area contributed by atoms with Gasteiger partial charge in [0.1, 0.15) is 5.82 Å². The third-order valence-electron chi connectivity index (χ3n) is 5.15. The zero-order valence-electron chi connectivity index (χ0n) is 15.6. The Hall–Kier alpha value is -1.61. The van der Waals surface area contributed by atoms with Gasteiger partial charge >= 0.3 is 7.12 Å². The van der Waals surface area contributed by atoms with E-state index in [1.54, 1.807) is 25.1 Å². The first-order valence-corrected chi connectivity index (χ1v) is 11.3. The average molecular weight is 424 g/mol. The fourth-order valence-electron chi connectivity index (χ4n) is 3.74. The summed E-state index contributed by atoms with van der Waals surface area (Å²) in [5.74, 6) is -0.318. The zero-order valence-corrected chi connectivity index (χ0v) is 17.1. The molecule has 4 rings (SSSR count). The molecule has 2 aromatic carbocycles. The number of sulfonamides is 1. The number of halogens is 2. The Balaban J connectivity index is 1.79. The monoisotopic (exact) mass is 423 g/mol. The molecule has 0 radical (unpaired) electrons. The van der Waals surface area contributed by atoms with Crippen molar-refractivity contribution in [1.82, 2.24) is 0 Å². The van der Waals surface area contributed by atoms with Gasteiger partial charge in [-0.3, -0.25) is 4.31 Å². The lowest BCUT2D eigenvalue weighted by Gasteiger charge is -2.26. The van der Waals surface area contributed by atoms with Gasteiger partial charge in [-0.15, -0.1) is 0 Å². The fraction of sp³-hybridized carbons (Fsp3) is 0.368. The van der Waals surface area contributed by atoms with E-state index in [1.807, 2.05) is 0 Å². The quantitative estimate of drug-likeness (QED) is 0.751. The van der Waals surface area contributed by atoms with Gasteiger partial charge in [-0.2, -0.15) is 0 Å². The van der Waals surface area contributed by atoms with Crippen LogP contribution < -0.4 is 9.77 Å². The minimum absolute atomic E-state index is 0.0184. The van der Waals surface area contributed by atoms with Gasteiger partial charge in [0, 0.05) is 16.0 Å². The summed E-state index contributed by atoms with van der Waals surface area (Å²) in [5.41, 5.74) is 3.39. The molecule has 1 aliphatic carbocycles. The minimum atomic E-state index is -3.67. The molecule has 28 heavy (non-hydrogen) atoms. The van der Waals surface area contributed by atoms with Crippen LogP contribution in [0.25, 0.3) is 0 Å². The summed E-state index contributed by atoms with van der Waals surface area (Å²) in [4.78, 5) is 0. The summed E-state index contributed by atoms with van der Waals surface area (Å²) < 4.78 is 46.4. The Morgan fingerprint density at radius 2 is 2.04 bits per heavy atom. The second kappa shape index (κ2) is 7.02. The molecule has 1 N–H and O–H groups in total. The predicted octanol–water partition coefficient (Wildman–Crippen LogP) is 2.85. The second-order valence-corrected chi connectivity index (χ2v) is 9.85. The number of rotatable bonds is 5. The Labute approximate surface area is 169 Å². The number of anilines is 1. The summed E-state index contributed by atoms with van der Waals surface area (Å²) >= 11 is 6.29. The highest BCUT2D eigenvalue weighted by Gasteiger charge is 2.34. The summed E-state index contributed by atoms with van der Waals surface area (Å²) in [5, 5.41) is 10.2. The average Bonchev–Trinajstić information content (AvgIpc) is 3.33. The summed E-state index contributed by atoms with van der Waals surface area (Å²) in [6.45, 7) is 1.97. The van der Waals surface area contributed by atoms with E-state index < -0.39 is 17.1 Å². The van der Waals surface area contributed by atoms with Gasteiger partial charge in [-0.25, -0.2) is 12.8 Å². The molecule has 0 unspecified atom stereocenters. The van der Waals surface area contributed by atoms with Crippen molar-refractivity contribution < 1.29 is 22.5 Å². The lowest BCUT2D eigenvalue weighted by atomic mass is 9.79. The molecule has 1 saturated carbocycles. The molecule has 1 fully saturated rings. The van der Waals surface area contributed by atoms with Crippen LogP contribution in [-0.4, -0.2) is 26.8 Å². The standard InChI is InChI=1S/C19H20BClFNO4S/c1-11-5-16(22)18(13-3-4-13)17(6-11)23(28(2,25)26)9-12-7-14-10-27-20(24)19(14)15(21)8-12/h5-8,13,24H,3-4,9-10H2,1-2H3. The van der Waals surface area contributed by atoms with Crippen molar-refractivity contribution in [3.63, 3.8) is 0 Å². The van der Waals surface area contributed by atoms with Crippen LogP contribution in [0.4, 0.5) is 10.1 Å². The molecule has 5 nitrogen and oxygen atoms in total. The topological polar surface area (TPSA) is 66.8 Å². The molecule has 1 heterocycles. The highest BCUT2D eigenvalue weighted by Crippen LogP contribution is 2.46. The van der Waals surface area contributed by atoms with E-state index in [2.05, 4.69) is 0 Å².